The van der Waals surface area contributed by atoms with Crippen LogP contribution in [-0.4, -0.2) is 23.5 Å². The third-order valence-corrected chi connectivity index (χ3v) is 4.33. The second-order valence-corrected chi connectivity index (χ2v) is 5.75. The molecule has 0 unspecified atom stereocenters. The molecule has 2 rings (SSSR count). The summed E-state index contributed by atoms with van der Waals surface area (Å²) in [5.74, 6) is -1.78. The van der Waals surface area contributed by atoms with E-state index in [2.05, 4.69) is 5.32 Å². The number of hydrogen-bond donors (Lipinski definition) is 2. The molecule has 4 nitrogen and oxygen atoms in total. The lowest BCUT2D eigenvalue weighted by Gasteiger charge is -2.26. The van der Waals surface area contributed by atoms with Gasteiger partial charge in [0.25, 0.3) is 5.91 Å². The molecule has 0 spiro atoms. The zero-order chi connectivity index (χ0) is 15.4. The molecule has 0 aliphatic heterocycles. The number of rotatable bonds is 4. The third-order valence-electron chi connectivity index (χ3n) is 3.94. The maximum absolute atomic E-state index is 13.3. The highest BCUT2D eigenvalue weighted by molar-refractivity contribution is 6.34. The smallest absolute Gasteiger partial charge is 0.306 e. The molecule has 0 radical (unpaired) electrons. The van der Waals surface area contributed by atoms with Crippen molar-refractivity contribution in [1.82, 2.24) is 5.32 Å². The van der Waals surface area contributed by atoms with E-state index in [-0.39, 0.29) is 22.4 Å². The first-order valence-corrected chi connectivity index (χ1v) is 7.32. The van der Waals surface area contributed by atoms with Crippen molar-refractivity contribution in [2.75, 3.05) is 6.54 Å². The number of carbonyl (C=O) groups excluding carboxylic acids is 1. The van der Waals surface area contributed by atoms with E-state index >= 15 is 0 Å². The zero-order valence-electron chi connectivity index (χ0n) is 11.4. The Hall–Kier alpha value is -1.62. The molecule has 0 bridgehead atoms. The summed E-state index contributed by atoms with van der Waals surface area (Å²) in [5, 5.41) is 11.5. The summed E-state index contributed by atoms with van der Waals surface area (Å²) in [5.41, 5.74) is 0.121. The van der Waals surface area contributed by atoms with Crippen molar-refractivity contribution in [3.63, 3.8) is 0 Å². The average Bonchev–Trinajstić information content (AvgIpc) is 2.48. The van der Waals surface area contributed by atoms with E-state index in [0.717, 1.165) is 12.8 Å². The van der Waals surface area contributed by atoms with Crippen molar-refractivity contribution in [1.29, 1.82) is 0 Å². The molecular formula is C15H17ClFNO3. The Bertz CT molecular complexity index is 542. The molecule has 0 heterocycles. The van der Waals surface area contributed by atoms with E-state index in [1.165, 1.54) is 18.2 Å². The Kier molecular flexibility index (Phi) is 5.17. The number of benzene rings is 1. The van der Waals surface area contributed by atoms with Crippen LogP contribution in [0.2, 0.25) is 5.02 Å². The van der Waals surface area contributed by atoms with E-state index in [1.54, 1.807) is 0 Å². The lowest BCUT2D eigenvalue weighted by Crippen LogP contribution is -2.32. The van der Waals surface area contributed by atoms with Gasteiger partial charge in [-0.1, -0.05) is 17.7 Å². The number of hydrogen-bond acceptors (Lipinski definition) is 2. The fraction of sp³-hybridized carbons (Fsp3) is 0.467. The topological polar surface area (TPSA) is 66.4 Å². The molecule has 114 valence electrons. The van der Waals surface area contributed by atoms with Crippen LogP contribution < -0.4 is 5.32 Å². The summed E-state index contributed by atoms with van der Waals surface area (Å²) >= 11 is 5.76. The van der Waals surface area contributed by atoms with Crippen molar-refractivity contribution >= 4 is 23.5 Å². The molecule has 6 heteroatoms. The van der Waals surface area contributed by atoms with Crippen molar-refractivity contribution in [3.8, 4) is 0 Å². The van der Waals surface area contributed by atoms with Crippen LogP contribution >= 0.6 is 11.6 Å². The predicted molar refractivity (Wildman–Crippen MR) is 76.8 cm³/mol. The minimum absolute atomic E-state index is 0.121. The van der Waals surface area contributed by atoms with E-state index in [1.807, 2.05) is 0 Å². The van der Waals surface area contributed by atoms with Crippen LogP contribution in [0, 0.1) is 17.7 Å². The number of amides is 1. The summed E-state index contributed by atoms with van der Waals surface area (Å²) in [4.78, 5) is 22.8. The molecule has 2 N–H and O–H groups in total. The molecule has 1 aliphatic carbocycles. The van der Waals surface area contributed by atoms with Gasteiger partial charge >= 0.3 is 5.97 Å². The van der Waals surface area contributed by atoms with Gasteiger partial charge < -0.3 is 10.4 Å². The summed E-state index contributed by atoms with van der Waals surface area (Å²) in [6, 6.07) is 4.11. The first-order valence-electron chi connectivity index (χ1n) is 6.94. The van der Waals surface area contributed by atoms with Gasteiger partial charge in [-0.3, -0.25) is 9.59 Å². The number of nitrogens with one attached hydrogen (secondary N) is 1. The summed E-state index contributed by atoms with van der Waals surface area (Å²) in [6.07, 6.45) is 2.81. The second kappa shape index (κ2) is 6.89. The standard InChI is InChI=1S/C15H17ClFNO3/c16-13-11(2-1-3-12(13)17)14(19)18-8-9-4-6-10(7-5-9)15(20)21/h1-3,9-10H,4-8H2,(H,18,19)(H,20,21). The fourth-order valence-electron chi connectivity index (χ4n) is 2.62. The Morgan fingerprint density at radius 2 is 1.95 bits per heavy atom. The lowest BCUT2D eigenvalue weighted by atomic mass is 9.82. The van der Waals surface area contributed by atoms with Crippen molar-refractivity contribution < 1.29 is 19.1 Å². The van der Waals surface area contributed by atoms with Crippen LogP contribution in [0.25, 0.3) is 0 Å². The minimum atomic E-state index is -0.746. The van der Waals surface area contributed by atoms with Crippen LogP contribution in [0.5, 0.6) is 0 Å². The molecule has 0 atom stereocenters. The number of carboxylic acids is 1. The molecule has 0 saturated heterocycles. The van der Waals surface area contributed by atoms with Crippen LogP contribution in [-0.2, 0) is 4.79 Å². The molecular weight excluding hydrogens is 297 g/mol. The number of halogens is 2. The zero-order valence-corrected chi connectivity index (χ0v) is 12.2. The van der Waals surface area contributed by atoms with Crippen molar-refractivity contribution in [2.45, 2.75) is 25.7 Å². The van der Waals surface area contributed by atoms with Gasteiger partial charge in [0.2, 0.25) is 0 Å². The van der Waals surface area contributed by atoms with Crippen LogP contribution in [0.3, 0.4) is 0 Å². The highest BCUT2D eigenvalue weighted by Crippen LogP contribution is 2.28. The molecule has 21 heavy (non-hydrogen) atoms. The molecule has 1 aromatic rings. The van der Waals surface area contributed by atoms with Gasteiger partial charge in [0, 0.05) is 6.54 Å². The SMILES string of the molecule is O=C(NCC1CCC(C(=O)O)CC1)c1cccc(F)c1Cl. The molecule has 1 fully saturated rings. The Balaban J connectivity index is 1.85. The third kappa shape index (κ3) is 3.94. The van der Waals surface area contributed by atoms with E-state index in [0.29, 0.717) is 19.4 Å². The number of carboxylic acid groups (broad SMARTS) is 1. The Morgan fingerprint density at radius 1 is 1.29 bits per heavy atom. The average molecular weight is 314 g/mol. The van der Waals surface area contributed by atoms with E-state index in [9.17, 15) is 14.0 Å². The summed E-state index contributed by atoms with van der Waals surface area (Å²) in [6.45, 7) is 0.456. The van der Waals surface area contributed by atoms with E-state index in [4.69, 9.17) is 16.7 Å². The fourth-order valence-corrected chi connectivity index (χ4v) is 2.84. The first-order chi connectivity index (χ1) is 9.99. The van der Waals surface area contributed by atoms with Gasteiger partial charge in [0.15, 0.2) is 0 Å². The van der Waals surface area contributed by atoms with Gasteiger partial charge in [0.05, 0.1) is 16.5 Å². The molecule has 0 aromatic heterocycles. The monoisotopic (exact) mass is 313 g/mol. The van der Waals surface area contributed by atoms with Crippen LogP contribution in [0.15, 0.2) is 18.2 Å². The molecule has 1 aliphatic rings. The van der Waals surface area contributed by atoms with Gasteiger partial charge in [-0.2, -0.15) is 0 Å². The van der Waals surface area contributed by atoms with Gasteiger partial charge in [-0.25, -0.2) is 4.39 Å². The summed E-state index contributed by atoms with van der Waals surface area (Å²) in [7, 11) is 0. The highest BCUT2D eigenvalue weighted by atomic mass is 35.5. The largest absolute Gasteiger partial charge is 0.481 e. The van der Waals surface area contributed by atoms with Gasteiger partial charge in [-0.05, 0) is 43.7 Å². The van der Waals surface area contributed by atoms with Crippen LogP contribution in [0.4, 0.5) is 4.39 Å². The van der Waals surface area contributed by atoms with Crippen molar-refractivity contribution in [2.24, 2.45) is 11.8 Å². The first kappa shape index (κ1) is 15.8. The molecule has 1 aromatic carbocycles. The Morgan fingerprint density at radius 3 is 2.57 bits per heavy atom. The minimum Gasteiger partial charge on any atom is -0.481 e. The quantitative estimate of drug-likeness (QED) is 0.897. The second-order valence-electron chi connectivity index (χ2n) is 5.37. The van der Waals surface area contributed by atoms with Gasteiger partial charge in [0.1, 0.15) is 5.82 Å². The Labute approximate surface area is 127 Å². The normalized spacial score (nSPS) is 21.8. The predicted octanol–water partition coefficient (Wildman–Crippen LogP) is 3.10. The number of aliphatic carboxylic acids is 1. The highest BCUT2D eigenvalue weighted by Gasteiger charge is 2.26. The maximum Gasteiger partial charge on any atom is 0.306 e. The lowest BCUT2D eigenvalue weighted by molar-refractivity contribution is -0.143. The summed E-state index contributed by atoms with van der Waals surface area (Å²) < 4.78 is 13.3. The maximum atomic E-state index is 13.3. The van der Waals surface area contributed by atoms with Crippen molar-refractivity contribution in [3.05, 3.63) is 34.6 Å². The molecule has 1 amide bonds. The number of carbonyl (C=O) groups is 2. The van der Waals surface area contributed by atoms with Crippen LogP contribution in [0.1, 0.15) is 36.0 Å². The van der Waals surface area contributed by atoms with Gasteiger partial charge in [-0.15, -0.1) is 0 Å². The van der Waals surface area contributed by atoms with E-state index < -0.39 is 17.7 Å². The molecule has 1 saturated carbocycles.